The van der Waals surface area contributed by atoms with E-state index in [0.29, 0.717) is 17.0 Å². The van der Waals surface area contributed by atoms with Crippen molar-refractivity contribution in [3.63, 3.8) is 0 Å². The largest absolute Gasteiger partial charge is 0.497 e. The summed E-state index contributed by atoms with van der Waals surface area (Å²) in [5, 5.41) is 2.85. The molecule has 0 bridgehead atoms. The van der Waals surface area contributed by atoms with Crippen molar-refractivity contribution in [1.29, 1.82) is 0 Å². The number of hydrogen-bond donors (Lipinski definition) is 1. The second kappa shape index (κ2) is 12.8. The van der Waals surface area contributed by atoms with Crippen molar-refractivity contribution in [2.45, 2.75) is 58.1 Å². The lowest BCUT2D eigenvalue weighted by Crippen LogP contribution is -2.52. The summed E-state index contributed by atoms with van der Waals surface area (Å²) in [5.41, 5.74) is 2.72. The van der Waals surface area contributed by atoms with Gasteiger partial charge >= 0.3 is 0 Å². The van der Waals surface area contributed by atoms with Gasteiger partial charge in [0.15, 0.2) is 0 Å². The predicted octanol–water partition coefficient (Wildman–Crippen LogP) is 4.45. The molecule has 0 spiro atoms. The van der Waals surface area contributed by atoms with E-state index >= 15 is 0 Å². The molecule has 0 saturated heterocycles. The molecule has 39 heavy (non-hydrogen) atoms. The fourth-order valence-electron chi connectivity index (χ4n) is 4.18. The van der Waals surface area contributed by atoms with E-state index in [-0.39, 0.29) is 23.4 Å². The molecular formula is C30H37N3O5S. The molecular weight excluding hydrogens is 514 g/mol. The minimum Gasteiger partial charge on any atom is -0.497 e. The highest BCUT2D eigenvalue weighted by Gasteiger charge is 2.33. The van der Waals surface area contributed by atoms with Gasteiger partial charge in [0.2, 0.25) is 11.8 Å². The van der Waals surface area contributed by atoms with Gasteiger partial charge in [-0.3, -0.25) is 13.9 Å². The zero-order valence-corrected chi connectivity index (χ0v) is 24.2. The quantitative estimate of drug-likeness (QED) is 0.380. The summed E-state index contributed by atoms with van der Waals surface area (Å²) in [4.78, 5) is 28.5. The molecule has 9 heteroatoms. The molecule has 1 atom stereocenters. The van der Waals surface area contributed by atoms with E-state index in [1.165, 1.54) is 17.0 Å². The van der Waals surface area contributed by atoms with Crippen LogP contribution in [-0.2, 0) is 26.2 Å². The van der Waals surface area contributed by atoms with Gasteiger partial charge in [-0.1, -0.05) is 42.5 Å². The van der Waals surface area contributed by atoms with Crippen molar-refractivity contribution >= 4 is 27.5 Å². The van der Waals surface area contributed by atoms with Crippen LogP contribution in [0.2, 0.25) is 0 Å². The smallest absolute Gasteiger partial charge is 0.264 e. The van der Waals surface area contributed by atoms with Gasteiger partial charge in [-0.15, -0.1) is 0 Å². The number of methoxy groups -OCH3 is 1. The molecule has 0 saturated carbocycles. The lowest BCUT2D eigenvalue weighted by Gasteiger charge is -2.33. The third-order valence-corrected chi connectivity index (χ3v) is 8.10. The number of hydrogen-bond acceptors (Lipinski definition) is 5. The maximum Gasteiger partial charge on any atom is 0.264 e. The average molecular weight is 552 g/mol. The molecule has 0 fully saturated rings. The fourth-order valence-corrected chi connectivity index (χ4v) is 5.67. The first kappa shape index (κ1) is 29.7. The van der Waals surface area contributed by atoms with Gasteiger partial charge in [-0.05, 0) is 81.6 Å². The lowest BCUT2D eigenvalue weighted by atomic mass is 10.1. The molecule has 0 aliphatic carbocycles. The maximum absolute atomic E-state index is 14.0. The number of aryl methyl sites for hydroxylation is 2. The first-order valence-electron chi connectivity index (χ1n) is 12.8. The molecule has 3 aromatic carbocycles. The van der Waals surface area contributed by atoms with Gasteiger partial charge in [0.25, 0.3) is 10.0 Å². The van der Waals surface area contributed by atoms with Crippen LogP contribution in [0.3, 0.4) is 0 Å². The van der Waals surface area contributed by atoms with Crippen LogP contribution in [0.15, 0.2) is 77.7 Å². The lowest BCUT2D eigenvalue weighted by molar-refractivity contribution is -0.139. The summed E-state index contributed by atoms with van der Waals surface area (Å²) in [6.07, 6.45) is 0. The van der Waals surface area contributed by atoms with E-state index in [2.05, 4.69) is 5.32 Å². The predicted molar refractivity (Wildman–Crippen MR) is 153 cm³/mol. The Bertz CT molecular complexity index is 1410. The maximum atomic E-state index is 14.0. The number of nitrogens with one attached hydrogen (secondary N) is 1. The first-order valence-corrected chi connectivity index (χ1v) is 14.3. The molecule has 0 aliphatic heterocycles. The topological polar surface area (TPSA) is 96.0 Å². The van der Waals surface area contributed by atoms with Gasteiger partial charge in [0, 0.05) is 12.6 Å². The second-order valence-electron chi connectivity index (χ2n) is 9.83. The average Bonchev–Trinajstić information content (AvgIpc) is 2.91. The van der Waals surface area contributed by atoms with Crippen molar-refractivity contribution < 1.29 is 22.7 Å². The number of benzene rings is 3. The van der Waals surface area contributed by atoms with Gasteiger partial charge in [-0.2, -0.15) is 0 Å². The fraction of sp³-hybridized carbons (Fsp3) is 0.333. The van der Waals surface area contributed by atoms with Gasteiger partial charge < -0.3 is 15.0 Å². The molecule has 0 radical (unpaired) electrons. The minimum absolute atomic E-state index is 0.0728. The molecule has 1 N–H and O–H groups in total. The summed E-state index contributed by atoms with van der Waals surface area (Å²) in [5.74, 6) is -0.224. The SMILES string of the molecule is COc1cccc(CN(C(=O)CN(c2cc(C)ccc2C)S(=O)(=O)c2ccccc2)[C@@H](C)C(=O)NC(C)C)c1. The van der Waals surface area contributed by atoms with Crippen molar-refractivity contribution in [2.24, 2.45) is 0 Å². The molecule has 3 rings (SSSR count). The monoisotopic (exact) mass is 551 g/mol. The van der Waals surface area contributed by atoms with Crippen LogP contribution >= 0.6 is 0 Å². The molecule has 0 aromatic heterocycles. The van der Waals surface area contributed by atoms with E-state index in [0.717, 1.165) is 15.4 Å². The van der Waals surface area contributed by atoms with Crippen molar-refractivity contribution in [3.05, 3.63) is 89.5 Å². The number of rotatable bonds is 11. The van der Waals surface area contributed by atoms with Crippen LogP contribution in [0.4, 0.5) is 5.69 Å². The summed E-state index contributed by atoms with van der Waals surface area (Å²) < 4.78 is 34.3. The Balaban J connectivity index is 2.07. The van der Waals surface area contributed by atoms with E-state index in [1.54, 1.807) is 63.4 Å². The Kier molecular flexibility index (Phi) is 9.75. The molecule has 0 aliphatic rings. The summed E-state index contributed by atoms with van der Waals surface area (Å²) in [6.45, 7) is 8.61. The Morgan fingerprint density at radius 3 is 2.26 bits per heavy atom. The van der Waals surface area contributed by atoms with Crippen LogP contribution in [0.5, 0.6) is 5.75 Å². The molecule has 0 unspecified atom stereocenters. The summed E-state index contributed by atoms with van der Waals surface area (Å²) in [7, 11) is -2.55. The second-order valence-corrected chi connectivity index (χ2v) is 11.7. The molecule has 3 aromatic rings. The zero-order valence-electron chi connectivity index (χ0n) is 23.3. The number of anilines is 1. The van der Waals surface area contributed by atoms with Crippen LogP contribution in [-0.4, -0.2) is 50.9 Å². The number of amides is 2. The van der Waals surface area contributed by atoms with Crippen LogP contribution in [0.1, 0.15) is 37.5 Å². The number of carbonyl (C=O) groups excluding carboxylic acids is 2. The Morgan fingerprint density at radius 2 is 1.62 bits per heavy atom. The van der Waals surface area contributed by atoms with Gasteiger partial charge in [0.05, 0.1) is 17.7 Å². The van der Waals surface area contributed by atoms with E-state index in [1.807, 2.05) is 39.0 Å². The molecule has 8 nitrogen and oxygen atoms in total. The zero-order chi connectivity index (χ0) is 28.7. The van der Waals surface area contributed by atoms with Crippen LogP contribution in [0.25, 0.3) is 0 Å². The number of ether oxygens (including phenoxy) is 1. The number of sulfonamides is 1. The highest BCUT2D eigenvalue weighted by Crippen LogP contribution is 2.28. The van der Waals surface area contributed by atoms with Gasteiger partial charge in [0.1, 0.15) is 18.3 Å². The minimum atomic E-state index is -4.11. The van der Waals surface area contributed by atoms with E-state index in [9.17, 15) is 18.0 Å². The molecule has 2 amide bonds. The molecule has 0 heterocycles. The summed E-state index contributed by atoms with van der Waals surface area (Å²) in [6, 6.07) is 19.7. The number of carbonyl (C=O) groups is 2. The third kappa shape index (κ3) is 7.38. The highest BCUT2D eigenvalue weighted by atomic mass is 32.2. The summed E-state index contributed by atoms with van der Waals surface area (Å²) >= 11 is 0. The first-order chi connectivity index (χ1) is 18.4. The Morgan fingerprint density at radius 1 is 0.923 bits per heavy atom. The van der Waals surface area contributed by atoms with Crippen molar-refractivity contribution in [3.8, 4) is 5.75 Å². The van der Waals surface area contributed by atoms with Crippen LogP contribution < -0.4 is 14.4 Å². The third-order valence-electron chi connectivity index (χ3n) is 6.33. The van der Waals surface area contributed by atoms with Crippen molar-refractivity contribution in [1.82, 2.24) is 10.2 Å². The van der Waals surface area contributed by atoms with Crippen molar-refractivity contribution in [2.75, 3.05) is 18.0 Å². The Labute approximate surface area is 231 Å². The Hall–Kier alpha value is -3.85. The van der Waals surface area contributed by atoms with Gasteiger partial charge in [-0.25, -0.2) is 8.42 Å². The van der Waals surface area contributed by atoms with Crippen LogP contribution in [0, 0.1) is 13.8 Å². The van der Waals surface area contributed by atoms with E-state index in [4.69, 9.17) is 4.74 Å². The van der Waals surface area contributed by atoms with E-state index < -0.39 is 28.5 Å². The highest BCUT2D eigenvalue weighted by molar-refractivity contribution is 7.92. The normalized spacial score (nSPS) is 12.1. The number of nitrogens with zero attached hydrogens (tertiary/aromatic N) is 2. The standard InChI is InChI=1S/C30H37N3O5S/c1-21(2)31-30(35)24(5)32(19-25-11-10-12-26(18-25)38-6)29(34)20-33(28-17-22(3)15-16-23(28)4)39(36,37)27-13-8-7-9-14-27/h7-18,21,24H,19-20H2,1-6H3,(H,31,35)/t24-/m0/s1. The molecule has 208 valence electrons.